The van der Waals surface area contributed by atoms with Crippen molar-refractivity contribution in [2.24, 2.45) is 0 Å². The van der Waals surface area contributed by atoms with Gasteiger partial charge in [0.05, 0.1) is 17.1 Å². The number of alkyl halides is 2. The van der Waals surface area contributed by atoms with Gasteiger partial charge in [0, 0.05) is 18.1 Å². The zero-order chi connectivity index (χ0) is 17.7. The Bertz CT molecular complexity index is 955. The number of aliphatic hydroxyl groups is 1. The van der Waals surface area contributed by atoms with Gasteiger partial charge in [0.2, 0.25) is 0 Å². The topological polar surface area (TPSA) is 47.3 Å². The first-order valence-electron chi connectivity index (χ1n) is 7.85. The molecule has 0 spiro atoms. The number of hydrogen-bond donors (Lipinski definition) is 1. The van der Waals surface area contributed by atoms with Crippen molar-refractivity contribution in [1.82, 2.24) is 9.55 Å². The van der Waals surface area contributed by atoms with Gasteiger partial charge in [-0.3, -0.25) is 0 Å². The van der Waals surface area contributed by atoms with Gasteiger partial charge < -0.3 is 14.4 Å². The number of nitrogens with zero attached hydrogens (tertiary/aromatic N) is 2. The van der Waals surface area contributed by atoms with Crippen molar-refractivity contribution in [3.8, 4) is 5.75 Å². The van der Waals surface area contributed by atoms with E-state index in [1.54, 1.807) is 35.8 Å². The van der Waals surface area contributed by atoms with Gasteiger partial charge >= 0.3 is 6.61 Å². The summed E-state index contributed by atoms with van der Waals surface area (Å²) in [4.78, 5) is 4.33. The van der Waals surface area contributed by atoms with E-state index < -0.39 is 18.8 Å². The van der Waals surface area contributed by atoms with E-state index in [4.69, 9.17) is 0 Å². The van der Waals surface area contributed by atoms with Crippen molar-refractivity contribution in [3.63, 3.8) is 0 Å². The molecule has 2 aromatic carbocycles. The van der Waals surface area contributed by atoms with Crippen LogP contribution in [0.2, 0.25) is 0 Å². The number of imidazole rings is 1. The highest BCUT2D eigenvalue weighted by Crippen LogP contribution is 2.44. The van der Waals surface area contributed by atoms with Crippen LogP contribution >= 0.6 is 0 Å². The van der Waals surface area contributed by atoms with Crippen LogP contribution in [-0.2, 0) is 0 Å². The molecule has 0 saturated heterocycles. The van der Waals surface area contributed by atoms with Crippen LogP contribution in [-0.4, -0.2) is 21.3 Å². The van der Waals surface area contributed by atoms with Crippen molar-refractivity contribution < 1.29 is 23.0 Å². The number of ether oxygens (including phenoxy) is 1. The number of aliphatic hydroxyl groups excluding tert-OH is 1. The summed E-state index contributed by atoms with van der Waals surface area (Å²) in [5.41, 5.74) is 2.06. The average molecular weight is 348 g/mol. The minimum atomic E-state index is -2.94. The van der Waals surface area contributed by atoms with E-state index in [9.17, 15) is 18.3 Å². The molecule has 130 valence electrons. The van der Waals surface area contributed by atoms with Gasteiger partial charge in [0.1, 0.15) is 23.5 Å². The monoisotopic (exact) mass is 348 g/mol. The van der Waals surface area contributed by atoms with Crippen LogP contribution in [0.4, 0.5) is 13.2 Å². The van der Waals surface area contributed by atoms with Gasteiger partial charge in [-0.1, -0.05) is 18.2 Å². The maximum absolute atomic E-state index is 13.8. The summed E-state index contributed by atoms with van der Waals surface area (Å²) in [5.74, 6) is 0.0804. The Balaban J connectivity index is 1.90. The van der Waals surface area contributed by atoms with Gasteiger partial charge in [0.15, 0.2) is 0 Å². The fraction of sp³-hybridized carbons (Fsp3) is 0.278. The van der Waals surface area contributed by atoms with Crippen LogP contribution in [0.5, 0.6) is 5.75 Å². The lowest BCUT2D eigenvalue weighted by atomic mass is 10.0. The maximum atomic E-state index is 13.8. The zero-order valence-corrected chi connectivity index (χ0v) is 13.3. The van der Waals surface area contributed by atoms with Crippen LogP contribution in [0.15, 0.2) is 36.4 Å². The Morgan fingerprint density at radius 3 is 2.80 bits per heavy atom. The standard InChI is InChI=1S/C18H15F3N2O2/c1-9-6-14-12(7-11(9)19)22-17-15(24)8-13(23(14)17)10-4-2-3-5-16(10)25-18(20)21/h2-7,13,15,18,24H,8H2,1H3/t13-,15-/m1/s1. The van der Waals surface area contributed by atoms with E-state index in [0.29, 0.717) is 28.0 Å². The van der Waals surface area contributed by atoms with Crippen LogP contribution in [0.3, 0.4) is 0 Å². The molecular weight excluding hydrogens is 333 g/mol. The number of halogens is 3. The number of aryl methyl sites for hydroxylation is 1. The predicted octanol–water partition coefficient (Wildman–Crippen LogP) is 4.11. The third-order valence-electron chi connectivity index (χ3n) is 4.55. The second-order valence-electron chi connectivity index (χ2n) is 6.11. The Labute approximate surface area is 141 Å². The maximum Gasteiger partial charge on any atom is 0.387 e. The van der Waals surface area contributed by atoms with Crippen molar-refractivity contribution >= 4 is 11.0 Å². The molecular formula is C18H15F3N2O2. The summed E-state index contributed by atoms with van der Waals surface area (Å²) in [5, 5.41) is 10.4. The molecule has 7 heteroatoms. The van der Waals surface area contributed by atoms with E-state index >= 15 is 0 Å². The lowest BCUT2D eigenvalue weighted by molar-refractivity contribution is -0.0507. The number of fused-ring (bicyclic) bond motifs is 3. The summed E-state index contributed by atoms with van der Waals surface area (Å²) < 4.78 is 45.7. The molecule has 0 aliphatic carbocycles. The highest BCUT2D eigenvalue weighted by molar-refractivity contribution is 5.78. The van der Waals surface area contributed by atoms with Gasteiger partial charge in [-0.25, -0.2) is 9.37 Å². The molecule has 0 radical (unpaired) electrons. The van der Waals surface area contributed by atoms with E-state index in [2.05, 4.69) is 9.72 Å². The van der Waals surface area contributed by atoms with Crippen LogP contribution in [0, 0.1) is 12.7 Å². The van der Waals surface area contributed by atoms with Crippen molar-refractivity contribution in [3.05, 3.63) is 59.2 Å². The van der Waals surface area contributed by atoms with Gasteiger partial charge in [-0.15, -0.1) is 0 Å². The molecule has 0 unspecified atom stereocenters. The third kappa shape index (κ3) is 2.55. The lowest BCUT2D eigenvalue weighted by Crippen LogP contribution is -2.10. The average Bonchev–Trinajstić information content (AvgIpc) is 3.06. The minimum Gasteiger partial charge on any atom is -0.434 e. The molecule has 4 nitrogen and oxygen atoms in total. The van der Waals surface area contributed by atoms with Crippen molar-refractivity contribution in [2.75, 3.05) is 0 Å². The molecule has 0 fully saturated rings. The smallest absolute Gasteiger partial charge is 0.387 e. The molecule has 0 amide bonds. The Hall–Kier alpha value is -2.54. The molecule has 25 heavy (non-hydrogen) atoms. The predicted molar refractivity (Wildman–Crippen MR) is 85.2 cm³/mol. The molecule has 1 aliphatic rings. The molecule has 1 aliphatic heterocycles. The summed E-state index contributed by atoms with van der Waals surface area (Å²) in [6, 6.07) is 9.04. The van der Waals surface area contributed by atoms with Gasteiger partial charge in [-0.2, -0.15) is 8.78 Å². The van der Waals surface area contributed by atoms with Crippen LogP contribution in [0.1, 0.15) is 35.5 Å². The van der Waals surface area contributed by atoms with E-state index in [1.165, 1.54) is 12.1 Å². The molecule has 2 atom stereocenters. The van der Waals surface area contributed by atoms with E-state index in [-0.39, 0.29) is 18.0 Å². The van der Waals surface area contributed by atoms with Crippen molar-refractivity contribution in [1.29, 1.82) is 0 Å². The second-order valence-corrected chi connectivity index (χ2v) is 6.11. The highest BCUT2D eigenvalue weighted by atomic mass is 19.3. The summed E-state index contributed by atoms with van der Waals surface area (Å²) >= 11 is 0. The highest BCUT2D eigenvalue weighted by Gasteiger charge is 2.35. The third-order valence-corrected chi connectivity index (χ3v) is 4.55. The lowest BCUT2D eigenvalue weighted by Gasteiger charge is -2.18. The summed E-state index contributed by atoms with van der Waals surface area (Å²) in [6.07, 6.45) is -0.571. The number of aromatic nitrogens is 2. The molecule has 4 rings (SSSR count). The molecule has 2 heterocycles. The van der Waals surface area contributed by atoms with Crippen LogP contribution in [0.25, 0.3) is 11.0 Å². The first-order chi connectivity index (χ1) is 12.0. The SMILES string of the molecule is Cc1cc2c(cc1F)nc1n2[C@@H](c2ccccc2OC(F)F)C[C@H]1O. The second kappa shape index (κ2) is 5.77. The van der Waals surface area contributed by atoms with E-state index in [0.717, 1.165) is 0 Å². The molecule has 0 bridgehead atoms. The Kier molecular flexibility index (Phi) is 3.68. The minimum absolute atomic E-state index is 0.0585. The zero-order valence-electron chi connectivity index (χ0n) is 13.3. The Morgan fingerprint density at radius 1 is 1.28 bits per heavy atom. The van der Waals surface area contributed by atoms with Crippen molar-refractivity contribution in [2.45, 2.75) is 32.1 Å². The number of benzene rings is 2. The first-order valence-corrected chi connectivity index (χ1v) is 7.85. The molecule has 1 aromatic heterocycles. The summed E-state index contributed by atoms with van der Waals surface area (Å²) in [7, 11) is 0. The largest absolute Gasteiger partial charge is 0.434 e. The fourth-order valence-corrected chi connectivity index (χ4v) is 3.45. The first kappa shape index (κ1) is 16.0. The number of para-hydroxylation sites is 1. The summed E-state index contributed by atoms with van der Waals surface area (Å²) in [6.45, 7) is -1.30. The number of rotatable bonds is 3. The normalized spacial score (nSPS) is 19.6. The van der Waals surface area contributed by atoms with Gasteiger partial charge in [0.25, 0.3) is 0 Å². The van der Waals surface area contributed by atoms with Crippen LogP contribution < -0.4 is 4.74 Å². The Morgan fingerprint density at radius 2 is 2.04 bits per heavy atom. The fourth-order valence-electron chi connectivity index (χ4n) is 3.45. The molecule has 0 saturated carbocycles. The van der Waals surface area contributed by atoms with E-state index in [1.807, 2.05) is 0 Å². The van der Waals surface area contributed by atoms with Gasteiger partial charge in [-0.05, 0) is 24.6 Å². The quantitative estimate of drug-likeness (QED) is 0.775. The molecule has 1 N–H and O–H groups in total. The number of hydrogen-bond acceptors (Lipinski definition) is 3. The molecule has 3 aromatic rings.